The van der Waals surface area contributed by atoms with Crippen molar-refractivity contribution in [2.24, 2.45) is 11.7 Å². The molecule has 34 heavy (non-hydrogen) atoms. The second-order valence-corrected chi connectivity index (χ2v) is 9.86. The Morgan fingerprint density at radius 3 is 2.62 bits per heavy atom. The predicted molar refractivity (Wildman–Crippen MR) is 126 cm³/mol. The number of fused-ring (bicyclic) bond motifs is 3. The van der Waals surface area contributed by atoms with Crippen molar-refractivity contribution < 1.29 is 29.1 Å². The van der Waals surface area contributed by atoms with Crippen LogP contribution in [-0.4, -0.2) is 72.4 Å². The summed E-state index contributed by atoms with van der Waals surface area (Å²) in [5, 5.41) is 23.5. The Labute approximate surface area is 199 Å². The molecule has 2 aliphatic carbocycles. The number of rotatable bonds is 8. The van der Waals surface area contributed by atoms with E-state index in [1.165, 1.54) is 0 Å². The molecule has 9 nitrogen and oxygen atoms in total. The number of carbonyl (C=O) groups excluding carboxylic acids is 1. The van der Waals surface area contributed by atoms with Gasteiger partial charge in [-0.1, -0.05) is 18.2 Å². The van der Waals surface area contributed by atoms with Crippen LogP contribution in [0.2, 0.25) is 5.82 Å². The Morgan fingerprint density at radius 1 is 1.21 bits per heavy atom. The molecule has 5 rings (SSSR count). The smallest absolute Gasteiger partial charge is 0.530 e. The van der Waals surface area contributed by atoms with Gasteiger partial charge in [0.15, 0.2) is 0 Å². The number of aromatic carboxylic acids is 1. The SMILES string of the molecule is NCCN[C@H]1CC[C@@H](CC(=O)N2CC(Oc3ccc4c(c3C(=O)O)OB(O)[C@@H]3C=C[C@H]43)C2)CC1. The molecule has 1 aromatic carbocycles. The van der Waals surface area contributed by atoms with Crippen molar-refractivity contribution >= 4 is 19.0 Å². The standard InChI is InChI=1S/C24H32BN3O6/c26-9-10-27-15-3-1-14(2-4-15)11-21(29)28-12-16(13-28)33-20-8-6-18-17-5-7-19(17)25(32)34-23(18)22(20)24(30)31/h5-8,14-17,19,27,32H,1-4,9-13,26H2,(H,30,31)/t14-,15+,17-,19-/m1/s1. The van der Waals surface area contributed by atoms with E-state index in [2.05, 4.69) is 5.32 Å². The average Bonchev–Trinajstić information content (AvgIpc) is 2.75. The molecule has 4 aliphatic rings. The second kappa shape index (κ2) is 9.60. The van der Waals surface area contributed by atoms with Crippen molar-refractivity contribution in [2.45, 2.75) is 56.0 Å². The van der Waals surface area contributed by atoms with Crippen LogP contribution >= 0.6 is 0 Å². The molecule has 1 aromatic rings. The highest BCUT2D eigenvalue weighted by atomic mass is 16.5. The minimum Gasteiger partial charge on any atom is -0.535 e. The number of amides is 1. The van der Waals surface area contributed by atoms with Crippen LogP contribution in [0, 0.1) is 5.92 Å². The van der Waals surface area contributed by atoms with E-state index in [-0.39, 0.29) is 40.8 Å². The third-order valence-corrected chi connectivity index (χ3v) is 7.63. The van der Waals surface area contributed by atoms with Gasteiger partial charge >= 0.3 is 13.1 Å². The van der Waals surface area contributed by atoms with E-state index in [0.717, 1.165) is 37.8 Å². The summed E-state index contributed by atoms with van der Waals surface area (Å²) in [6.45, 7) is 2.37. The van der Waals surface area contributed by atoms with Gasteiger partial charge in [0, 0.05) is 42.9 Å². The van der Waals surface area contributed by atoms with Crippen LogP contribution in [0.15, 0.2) is 24.3 Å². The lowest BCUT2D eigenvalue weighted by atomic mass is 9.55. The highest BCUT2D eigenvalue weighted by Gasteiger charge is 2.46. The zero-order chi connectivity index (χ0) is 23.8. The molecule has 10 heteroatoms. The van der Waals surface area contributed by atoms with E-state index < -0.39 is 13.1 Å². The molecule has 0 spiro atoms. The number of carboxylic acids is 1. The minimum atomic E-state index is -1.16. The van der Waals surface area contributed by atoms with Gasteiger partial charge < -0.3 is 35.5 Å². The third-order valence-electron chi connectivity index (χ3n) is 7.63. The van der Waals surface area contributed by atoms with Gasteiger partial charge in [-0.05, 0) is 37.7 Å². The first-order valence-corrected chi connectivity index (χ1v) is 12.3. The summed E-state index contributed by atoms with van der Waals surface area (Å²) in [6.07, 6.45) is 8.34. The Hall–Kier alpha value is -2.56. The first-order chi connectivity index (χ1) is 16.4. The van der Waals surface area contributed by atoms with Crippen LogP contribution in [0.3, 0.4) is 0 Å². The number of allylic oxidation sites excluding steroid dienone is 2. The van der Waals surface area contributed by atoms with Crippen molar-refractivity contribution in [3.8, 4) is 11.5 Å². The van der Waals surface area contributed by atoms with Crippen LogP contribution in [0.4, 0.5) is 0 Å². The highest BCUT2D eigenvalue weighted by Crippen LogP contribution is 2.51. The summed E-state index contributed by atoms with van der Waals surface area (Å²) in [4.78, 5) is 26.5. The number of hydrogen-bond acceptors (Lipinski definition) is 7. The van der Waals surface area contributed by atoms with E-state index in [1.807, 2.05) is 18.2 Å². The molecular formula is C24H32BN3O6. The van der Waals surface area contributed by atoms with Crippen LogP contribution in [0.25, 0.3) is 0 Å². The molecule has 182 valence electrons. The summed E-state index contributed by atoms with van der Waals surface area (Å²) in [5.41, 5.74) is 6.24. The van der Waals surface area contributed by atoms with Gasteiger partial charge in [-0.3, -0.25) is 4.79 Å². The van der Waals surface area contributed by atoms with Crippen molar-refractivity contribution in [3.63, 3.8) is 0 Å². The predicted octanol–water partition coefficient (Wildman–Crippen LogP) is 1.37. The summed E-state index contributed by atoms with van der Waals surface area (Å²) in [5.74, 6) is -0.428. The van der Waals surface area contributed by atoms with E-state index in [1.54, 1.807) is 11.0 Å². The molecule has 2 atom stereocenters. The van der Waals surface area contributed by atoms with Gasteiger partial charge in [0.2, 0.25) is 5.91 Å². The van der Waals surface area contributed by atoms with Crippen molar-refractivity contribution in [2.75, 3.05) is 26.2 Å². The normalized spacial score (nSPS) is 27.7. The molecule has 0 unspecified atom stereocenters. The van der Waals surface area contributed by atoms with Crippen LogP contribution < -0.4 is 20.4 Å². The van der Waals surface area contributed by atoms with Crippen molar-refractivity contribution in [3.05, 3.63) is 35.4 Å². The second-order valence-electron chi connectivity index (χ2n) is 9.86. The number of nitrogens with zero attached hydrogens (tertiary/aromatic N) is 1. The van der Waals surface area contributed by atoms with Crippen molar-refractivity contribution in [1.29, 1.82) is 0 Å². The molecule has 0 radical (unpaired) electrons. The molecule has 2 fully saturated rings. The lowest BCUT2D eigenvalue weighted by molar-refractivity contribution is -0.141. The zero-order valence-corrected chi connectivity index (χ0v) is 19.2. The molecule has 2 heterocycles. The van der Waals surface area contributed by atoms with E-state index in [0.29, 0.717) is 38.0 Å². The molecule has 1 saturated heterocycles. The van der Waals surface area contributed by atoms with Crippen LogP contribution in [0.1, 0.15) is 53.9 Å². The average molecular weight is 469 g/mol. The van der Waals surface area contributed by atoms with Crippen LogP contribution in [0.5, 0.6) is 11.5 Å². The Morgan fingerprint density at radius 2 is 1.97 bits per heavy atom. The molecule has 2 aliphatic heterocycles. The molecule has 0 bridgehead atoms. The fraction of sp³-hybridized carbons (Fsp3) is 0.583. The van der Waals surface area contributed by atoms with E-state index >= 15 is 0 Å². The lowest BCUT2D eigenvalue weighted by Crippen LogP contribution is -2.56. The Kier molecular flexibility index (Phi) is 6.55. The third kappa shape index (κ3) is 4.42. The quantitative estimate of drug-likeness (QED) is 0.331. The fourth-order valence-corrected chi connectivity index (χ4v) is 5.53. The molecule has 0 aromatic heterocycles. The summed E-state index contributed by atoms with van der Waals surface area (Å²) >= 11 is 0. The largest absolute Gasteiger partial charge is 0.535 e. The molecular weight excluding hydrogens is 437 g/mol. The van der Waals surface area contributed by atoms with Crippen molar-refractivity contribution in [1.82, 2.24) is 10.2 Å². The topological polar surface area (TPSA) is 134 Å². The molecule has 1 amide bonds. The van der Waals surface area contributed by atoms with E-state index in [9.17, 15) is 19.7 Å². The number of likely N-dealkylation sites (tertiary alicyclic amines) is 1. The maximum absolute atomic E-state index is 12.7. The van der Waals surface area contributed by atoms with E-state index in [4.69, 9.17) is 15.1 Å². The summed E-state index contributed by atoms with van der Waals surface area (Å²) < 4.78 is 11.5. The maximum Gasteiger partial charge on any atom is 0.530 e. The maximum atomic E-state index is 12.7. The number of benzene rings is 1. The number of carbonyl (C=O) groups is 2. The first-order valence-electron chi connectivity index (χ1n) is 12.3. The zero-order valence-electron chi connectivity index (χ0n) is 19.2. The van der Waals surface area contributed by atoms with Gasteiger partial charge in [-0.25, -0.2) is 4.79 Å². The Bertz CT molecular complexity index is 974. The fourth-order valence-electron chi connectivity index (χ4n) is 5.53. The monoisotopic (exact) mass is 469 g/mol. The molecule has 5 N–H and O–H groups in total. The van der Waals surface area contributed by atoms with Crippen LogP contribution in [-0.2, 0) is 4.79 Å². The highest BCUT2D eigenvalue weighted by molar-refractivity contribution is 6.48. The first kappa shape index (κ1) is 23.2. The number of hydrogen-bond donors (Lipinski definition) is 4. The number of nitrogens with two attached hydrogens (primary N) is 1. The molecule has 1 saturated carbocycles. The van der Waals surface area contributed by atoms with Gasteiger partial charge in [0.25, 0.3) is 0 Å². The summed E-state index contributed by atoms with van der Waals surface area (Å²) in [7, 11) is -1.07. The number of ether oxygens (including phenoxy) is 1. The van der Waals surface area contributed by atoms with Gasteiger partial charge in [-0.2, -0.15) is 0 Å². The van der Waals surface area contributed by atoms with Gasteiger partial charge in [-0.15, -0.1) is 0 Å². The van der Waals surface area contributed by atoms with Gasteiger partial charge in [0.1, 0.15) is 23.2 Å². The lowest BCUT2D eigenvalue weighted by Gasteiger charge is -2.41. The summed E-state index contributed by atoms with van der Waals surface area (Å²) in [6, 6.07) is 3.98. The number of carboxylic acid groups (broad SMARTS) is 1. The van der Waals surface area contributed by atoms with Gasteiger partial charge in [0.05, 0.1) is 13.1 Å². The minimum absolute atomic E-state index is 0.0470. The number of nitrogens with one attached hydrogen (secondary N) is 1. The Balaban J connectivity index is 1.15.